The summed E-state index contributed by atoms with van der Waals surface area (Å²) in [5, 5.41) is 5.54. The van der Waals surface area contributed by atoms with Gasteiger partial charge in [-0.3, -0.25) is 19.2 Å². The van der Waals surface area contributed by atoms with Crippen LogP contribution in [0.2, 0.25) is 0 Å². The molecule has 16 heteroatoms. The van der Waals surface area contributed by atoms with Crippen LogP contribution in [0.1, 0.15) is 41.4 Å². The molecule has 0 unspecified atom stereocenters. The lowest BCUT2D eigenvalue weighted by atomic mass is 10.0. The zero-order valence-corrected chi connectivity index (χ0v) is 30.2. The Morgan fingerprint density at radius 1 is 0.778 bits per heavy atom. The summed E-state index contributed by atoms with van der Waals surface area (Å²) >= 11 is 27.0. The first-order valence-electron chi connectivity index (χ1n) is 9.68. The maximum atomic E-state index is 13.5. The fourth-order valence-electron chi connectivity index (χ4n) is 3.38. The number of primary amides is 1. The zero-order chi connectivity index (χ0) is 27.1. The van der Waals surface area contributed by atoms with Crippen molar-refractivity contribution < 1.29 is 19.2 Å². The summed E-state index contributed by atoms with van der Waals surface area (Å²) in [6.07, 6.45) is 0. The number of hydrogen-bond acceptors (Lipinski definition) is 4. The molecule has 1 aliphatic heterocycles. The summed E-state index contributed by atoms with van der Waals surface area (Å²) in [6.45, 7) is 0.656. The van der Waals surface area contributed by atoms with Gasteiger partial charge in [-0.2, -0.15) is 0 Å². The van der Waals surface area contributed by atoms with Crippen molar-refractivity contribution in [3.63, 3.8) is 0 Å². The van der Waals surface area contributed by atoms with E-state index in [-0.39, 0.29) is 60.2 Å². The van der Waals surface area contributed by atoms with Crippen molar-refractivity contribution in [2.75, 3.05) is 26.2 Å². The van der Waals surface area contributed by atoms with Gasteiger partial charge in [0.2, 0.25) is 0 Å². The van der Waals surface area contributed by atoms with Crippen LogP contribution in [0.15, 0.2) is 35.8 Å². The van der Waals surface area contributed by atoms with Crippen LogP contribution >= 0.6 is 127 Å². The minimum atomic E-state index is -0.792. The topological polar surface area (TPSA) is 122 Å². The van der Waals surface area contributed by atoms with Gasteiger partial charge in [-0.25, -0.2) is 0 Å². The van der Waals surface area contributed by atoms with Gasteiger partial charge in [0, 0.05) is 62.0 Å². The predicted octanol–water partition coefficient (Wildman–Crippen LogP) is 6.50. The Bertz CT molecular complexity index is 1330. The SMILES string of the molecule is NC(=O)c1c(Br)c(Br)c(Br)c(Br)c1C(=O)NCCN1CCNC(=O)c2c(Br)c(Br)c(Br)c(Br)c2C1=O. The highest BCUT2D eigenvalue weighted by Gasteiger charge is 2.32. The molecule has 0 bridgehead atoms. The molecule has 2 aromatic rings. The van der Waals surface area contributed by atoms with Gasteiger partial charge in [-0.05, 0) is 127 Å². The Morgan fingerprint density at radius 2 is 1.28 bits per heavy atom. The number of nitrogens with two attached hydrogens (primary N) is 1. The number of amides is 4. The van der Waals surface area contributed by atoms with Crippen LogP contribution in [0.4, 0.5) is 0 Å². The number of nitrogens with one attached hydrogen (secondary N) is 2. The number of halogens is 8. The average molecular weight is 1010 g/mol. The highest BCUT2D eigenvalue weighted by atomic mass is 79.9. The van der Waals surface area contributed by atoms with Crippen LogP contribution in [0.25, 0.3) is 0 Å². The van der Waals surface area contributed by atoms with Gasteiger partial charge in [0.25, 0.3) is 23.6 Å². The van der Waals surface area contributed by atoms with Crippen molar-refractivity contribution in [3.05, 3.63) is 58.0 Å². The summed E-state index contributed by atoms with van der Waals surface area (Å²) in [7, 11) is 0. The standard InChI is InChI=1S/C20H12Br8N4O4/c21-9-5(17(29)33)6(10(22)14(26)13(9)25)18(34)30-1-3-32-4-2-31-19(35)7-8(20(32)36)12(24)16(28)15(27)11(7)23/h1-4H2,(H2,29,33)(H,30,34)(H,31,35). The van der Waals surface area contributed by atoms with Crippen molar-refractivity contribution >= 4 is 151 Å². The fourth-order valence-corrected chi connectivity index (χ4v) is 8.34. The highest BCUT2D eigenvalue weighted by molar-refractivity contribution is 9.15. The van der Waals surface area contributed by atoms with Gasteiger partial charge in [0.05, 0.1) is 22.3 Å². The Labute approximate surface area is 272 Å². The van der Waals surface area contributed by atoms with Crippen molar-refractivity contribution in [2.45, 2.75) is 0 Å². The van der Waals surface area contributed by atoms with Gasteiger partial charge in [-0.15, -0.1) is 0 Å². The lowest BCUT2D eigenvalue weighted by Crippen LogP contribution is -2.46. The summed E-state index contributed by atoms with van der Waals surface area (Å²) in [5.41, 5.74) is 5.95. The molecule has 4 amide bonds. The van der Waals surface area contributed by atoms with Gasteiger partial charge < -0.3 is 21.3 Å². The normalized spacial score (nSPS) is 13.6. The monoisotopic (exact) mass is 1000 g/mol. The lowest BCUT2D eigenvalue weighted by molar-refractivity contribution is 0.0726. The van der Waals surface area contributed by atoms with Crippen molar-refractivity contribution in [1.82, 2.24) is 15.5 Å². The number of hydrogen-bond donors (Lipinski definition) is 3. The van der Waals surface area contributed by atoms with Crippen LogP contribution in [0, 0.1) is 0 Å². The third-order valence-corrected chi connectivity index (χ3v) is 14.6. The Morgan fingerprint density at radius 3 is 1.83 bits per heavy atom. The van der Waals surface area contributed by atoms with Crippen molar-refractivity contribution in [3.8, 4) is 0 Å². The minimum absolute atomic E-state index is 0.00219. The Hall–Kier alpha value is 0.160. The van der Waals surface area contributed by atoms with Gasteiger partial charge in [-0.1, -0.05) is 0 Å². The molecular formula is C20H12Br8N4O4. The molecule has 2 aromatic carbocycles. The molecule has 0 saturated heterocycles. The van der Waals surface area contributed by atoms with E-state index in [2.05, 4.69) is 138 Å². The maximum absolute atomic E-state index is 13.5. The predicted molar refractivity (Wildman–Crippen MR) is 164 cm³/mol. The van der Waals surface area contributed by atoms with Crippen LogP contribution in [-0.2, 0) is 0 Å². The summed E-state index contributed by atoms with van der Waals surface area (Å²) in [5.74, 6) is -2.13. The molecule has 3 rings (SSSR count). The van der Waals surface area contributed by atoms with E-state index in [1.165, 1.54) is 4.90 Å². The number of carbonyl (C=O) groups excluding carboxylic acids is 4. The molecule has 0 spiro atoms. The third-order valence-electron chi connectivity index (χ3n) is 5.07. The summed E-state index contributed by atoms with van der Waals surface area (Å²) in [4.78, 5) is 52.9. The Kier molecular flexibility index (Phi) is 10.7. The number of rotatable bonds is 5. The van der Waals surface area contributed by atoms with E-state index >= 15 is 0 Å². The van der Waals surface area contributed by atoms with Crippen LogP contribution in [0.5, 0.6) is 0 Å². The lowest BCUT2D eigenvalue weighted by Gasteiger charge is -2.28. The van der Waals surface area contributed by atoms with Crippen LogP contribution in [-0.4, -0.2) is 54.7 Å². The summed E-state index contributed by atoms with van der Waals surface area (Å²) < 4.78 is 3.70. The Balaban J connectivity index is 1.88. The smallest absolute Gasteiger partial charge is 0.256 e. The van der Waals surface area contributed by atoms with Crippen molar-refractivity contribution in [1.29, 1.82) is 0 Å². The van der Waals surface area contributed by atoms with Gasteiger partial charge in [0.1, 0.15) is 0 Å². The molecular weight excluding hydrogens is 999 g/mol. The first-order valence-corrected chi connectivity index (χ1v) is 16.0. The molecule has 0 aliphatic carbocycles. The number of fused-ring (bicyclic) bond motifs is 1. The number of carbonyl (C=O) groups is 4. The van der Waals surface area contributed by atoms with E-state index in [1.54, 1.807) is 0 Å². The summed E-state index contributed by atoms with van der Waals surface area (Å²) in [6, 6.07) is 0. The molecule has 8 nitrogen and oxygen atoms in total. The highest BCUT2D eigenvalue weighted by Crippen LogP contribution is 2.43. The number of nitrogens with zero attached hydrogens (tertiary/aromatic N) is 1. The molecule has 36 heavy (non-hydrogen) atoms. The molecule has 0 aromatic heterocycles. The number of benzene rings is 2. The molecule has 4 N–H and O–H groups in total. The second-order valence-corrected chi connectivity index (χ2v) is 13.5. The molecule has 1 heterocycles. The van der Waals surface area contributed by atoms with E-state index in [9.17, 15) is 19.2 Å². The third kappa shape index (κ3) is 5.85. The van der Waals surface area contributed by atoms with Crippen LogP contribution < -0.4 is 16.4 Å². The molecule has 0 radical (unpaired) electrons. The first-order chi connectivity index (χ1) is 16.8. The second kappa shape index (κ2) is 12.6. The minimum Gasteiger partial charge on any atom is -0.366 e. The largest absolute Gasteiger partial charge is 0.366 e. The van der Waals surface area contributed by atoms with Crippen molar-refractivity contribution in [2.24, 2.45) is 5.73 Å². The molecule has 0 saturated carbocycles. The zero-order valence-electron chi connectivity index (χ0n) is 17.5. The van der Waals surface area contributed by atoms with Gasteiger partial charge in [0.15, 0.2) is 0 Å². The van der Waals surface area contributed by atoms with E-state index < -0.39 is 11.8 Å². The second-order valence-electron chi connectivity index (χ2n) is 7.18. The van der Waals surface area contributed by atoms with E-state index in [0.717, 1.165) is 0 Å². The van der Waals surface area contributed by atoms with Crippen LogP contribution in [0.3, 0.4) is 0 Å². The fraction of sp³-hybridized carbons (Fsp3) is 0.200. The van der Waals surface area contributed by atoms with E-state index in [4.69, 9.17) is 5.73 Å². The van der Waals surface area contributed by atoms with E-state index in [1.807, 2.05) is 0 Å². The molecule has 1 aliphatic rings. The van der Waals surface area contributed by atoms with E-state index in [0.29, 0.717) is 35.8 Å². The molecule has 0 fully saturated rings. The maximum Gasteiger partial charge on any atom is 0.256 e. The first kappa shape index (κ1) is 30.7. The molecule has 0 atom stereocenters. The quantitative estimate of drug-likeness (QED) is 0.234. The molecule has 192 valence electrons. The van der Waals surface area contributed by atoms with Gasteiger partial charge >= 0.3 is 0 Å². The average Bonchev–Trinajstić information content (AvgIpc) is 2.82.